The van der Waals surface area contributed by atoms with Gasteiger partial charge in [-0.05, 0) is 18.6 Å². The second kappa shape index (κ2) is 4.95. The maximum atomic E-state index is 12.7. The Kier molecular flexibility index (Phi) is 3.47. The van der Waals surface area contributed by atoms with Crippen molar-refractivity contribution in [3.63, 3.8) is 0 Å². The molecule has 0 bridgehead atoms. The highest BCUT2D eigenvalue weighted by atomic mass is 19.4. The number of pyridine rings is 1. The van der Waals surface area contributed by atoms with Gasteiger partial charge in [0.2, 0.25) is 5.88 Å². The highest BCUT2D eigenvalue weighted by Crippen LogP contribution is 2.32. The molecule has 5 nitrogen and oxygen atoms in total. The first-order valence-electron chi connectivity index (χ1n) is 5.51. The number of alkyl halides is 3. The van der Waals surface area contributed by atoms with Crippen LogP contribution < -0.4 is 10.3 Å². The zero-order valence-corrected chi connectivity index (χ0v) is 10.6. The number of nitrogens with zero attached hydrogens (tertiary/aromatic N) is 2. The third kappa shape index (κ3) is 2.63. The minimum absolute atomic E-state index is 0.0835. The molecule has 0 spiro atoms. The van der Waals surface area contributed by atoms with Crippen molar-refractivity contribution in [1.82, 2.24) is 15.0 Å². The van der Waals surface area contributed by atoms with Gasteiger partial charge in [0.25, 0.3) is 5.56 Å². The fourth-order valence-electron chi connectivity index (χ4n) is 1.58. The van der Waals surface area contributed by atoms with Crippen molar-refractivity contribution in [2.24, 2.45) is 0 Å². The molecule has 0 aromatic carbocycles. The standard InChI is InChI=1S/C12H10F3N3O2/c1-6-3-4-7(16-5-6)9-17-10(19)8(12(13,14)15)11(18-9)20-2/h3-5H,1-2H3,(H,17,18,19). The maximum absolute atomic E-state index is 12.7. The van der Waals surface area contributed by atoms with Crippen LogP contribution in [0.25, 0.3) is 11.5 Å². The molecule has 0 fully saturated rings. The van der Waals surface area contributed by atoms with Gasteiger partial charge in [0.05, 0.1) is 7.11 Å². The van der Waals surface area contributed by atoms with Crippen molar-refractivity contribution in [2.75, 3.05) is 7.11 Å². The van der Waals surface area contributed by atoms with Crippen molar-refractivity contribution in [3.8, 4) is 17.4 Å². The topological polar surface area (TPSA) is 67.9 Å². The predicted octanol–water partition coefficient (Wildman–Crippen LogP) is 2.17. The summed E-state index contributed by atoms with van der Waals surface area (Å²) in [6.45, 7) is 1.81. The van der Waals surface area contributed by atoms with E-state index in [1.807, 2.05) is 0 Å². The average molecular weight is 285 g/mol. The van der Waals surface area contributed by atoms with Crippen molar-refractivity contribution in [3.05, 3.63) is 39.8 Å². The third-order valence-corrected chi connectivity index (χ3v) is 2.53. The molecular weight excluding hydrogens is 275 g/mol. The van der Waals surface area contributed by atoms with Crippen LogP contribution in [0.4, 0.5) is 13.2 Å². The quantitative estimate of drug-likeness (QED) is 0.918. The van der Waals surface area contributed by atoms with Crippen molar-refractivity contribution >= 4 is 0 Å². The first kappa shape index (κ1) is 14.0. The number of halogens is 3. The van der Waals surface area contributed by atoms with Crippen molar-refractivity contribution in [2.45, 2.75) is 13.1 Å². The van der Waals surface area contributed by atoms with Gasteiger partial charge in [-0.25, -0.2) is 0 Å². The molecule has 8 heteroatoms. The summed E-state index contributed by atoms with van der Waals surface area (Å²) in [4.78, 5) is 21.2. The van der Waals surface area contributed by atoms with Gasteiger partial charge in [0.1, 0.15) is 5.69 Å². The smallest absolute Gasteiger partial charge is 0.426 e. The number of methoxy groups -OCH3 is 1. The molecule has 0 aliphatic rings. The Morgan fingerprint density at radius 1 is 1.30 bits per heavy atom. The third-order valence-electron chi connectivity index (χ3n) is 2.53. The molecule has 1 N–H and O–H groups in total. The van der Waals surface area contributed by atoms with Crippen molar-refractivity contribution in [1.29, 1.82) is 0 Å². The Hall–Kier alpha value is -2.38. The summed E-state index contributed by atoms with van der Waals surface area (Å²) in [5.41, 5.74) is -1.75. The summed E-state index contributed by atoms with van der Waals surface area (Å²) in [7, 11) is 1.03. The minimum atomic E-state index is -4.84. The minimum Gasteiger partial charge on any atom is -0.482 e. The van der Waals surface area contributed by atoms with E-state index in [1.54, 1.807) is 19.1 Å². The Bertz CT molecular complexity index is 678. The lowest BCUT2D eigenvalue weighted by molar-refractivity contribution is -0.140. The Balaban J connectivity index is 2.62. The molecule has 106 valence electrons. The van der Waals surface area contributed by atoms with E-state index >= 15 is 0 Å². The van der Waals surface area contributed by atoms with Crippen LogP contribution in [-0.4, -0.2) is 22.1 Å². The summed E-state index contributed by atoms with van der Waals surface area (Å²) >= 11 is 0. The predicted molar refractivity (Wildman–Crippen MR) is 64.4 cm³/mol. The molecule has 2 heterocycles. The lowest BCUT2D eigenvalue weighted by Crippen LogP contribution is -2.24. The van der Waals surface area contributed by atoms with Crippen LogP contribution in [0.15, 0.2) is 23.1 Å². The maximum Gasteiger partial charge on any atom is 0.426 e. The summed E-state index contributed by atoms with van der Waals surface area (Å²) in [5, 5.41) is 0. The number of H-pyrrole nitrogens is 1. The molecular formula is C12H10F3N3O2. The molecule has 2 aromatic rings. The van der Waals surface area contributed by atoms with Gasteiger partial charge in [-0.2, -0.15) is 18.2 Å². The van der Waals surface area contributed by atoms with Gasteiger partial charge in [-0.15, -0.1) is 0 Å². The van der Waals surface area contributed by atoms with Crippen LogP contribution in [0.3, 0.4) is 0 Å². The summed E-state index contributed by atoms with van der Waals surface area (Å²) < 4.78 is 42.8. The van der Waals surface area contributed by atoms with Crippen LogP contribution in [0.1, 0.15) is 11.1 Å². The van der Waals surface area contributed by atoms with E-state index in [4.69, 9.17) is 0 Å². The Labute approximate surface area is 111 Å². The molecule has 0 saturated carbocycles. The average Bonchev–Trinajstić information content (AvgIpc) is 2.37. The van der Waals surface area contributed by atoms with Crippen molar-refractivity contribution < 1.29 is 17.9 Å². The number of hydrogen-bond acceptors (Lipinski definition) is 4. The summed E-state index contributed by atoms with van der Waals surface area (Å²) in [5.74, 6) is -0.769. The SMILES string of the molecule is COc1[nH]c(-c2ccc(C)cn2)nc(=O)c1C(F)(F)F. The molecule has 2 rings (SSSR count). The van der Waals surface area contributed by atoms with Crippen LogP contribution >= 0.6 is 0 Å². The molecule has 2 aromatic heterocycles. The number of aromatic nitrogens is 3. The molecule has 0 saturated heterocycles. The first-order valence-corrected chi connectivity index (χ1v) is 5.51. The number of nitrogens with one attached hydrogen (secondary N) is 1. The highest BCUT2D eigenvalue weighted by Gasteiger charge is 2.39. The number of aromatic amines is 1. The van der Waals surface area contributed by atoms with E-state index in [2.05, 4.69) is 19.7 Å². The van der Waals surface area contributed by atoms with Gasteiger partial charge >= 0.3 is 6.18 Å². The van der Waals surface area contributed by atoms with Gasteiger partial charge in [-0.3, -0.25) is 9.78 Å². The number of hydrogen-bond donors (Lipinski definition) is 1. The largest absolute Gasteiger partial charge is 0.482 e. The number of aryl methyl sites for hydroxylation is 1. The normalized spacial score (nSPS) is 11.4. The van der Waals surface area contributed by atoms with Crippen LogP contribution in [0.5, 0.6) is 5.88 Å². The number of ether oxygens (including phenoxy) is 1. The van der Waals surface area contributed by atoms with Crippen LogP contribution in [-0.2, 0) is 6.18 Å². The molecule has 0 aliphatic heterocycles. The van der Waals surface area contributed by atoms with Crippen LogP contribution in [0.2, 0.25) is 0 Å². The summed E-state index contributed by atoms with van der Waals surface area (Å²) in [6, 6.07) is 3.24. The lowest BCUT2D eigenvalue weighted by atomic mass is 10.2. The monoisotopic (exact) mass is 285 g/mol. The fourth-order valence-corrected chi connectivity index (χ4v) is 1.58. The van der Waals surface area contributed by atoms with E-state index in [1.165, 1.54) is 6.20 Å². The van der Waals surface area contributed by atoms with E-state index in [0.717, 1.165) is 12.7 Å². The van der Waals surface area contributed by atoms with Gasteiger partial charge < -0.3 is 9.72 Å². The lowest BCUT2D eigenvalue weighted by Gasteiger charge is -2.11. The van der Waals surface area contributed by atoms with Crippen LogP contribution in [0, 0.1) is 6.92 Å². The second-order valence-electron chi connectivity index (χ2n) is 4.02. The molecule has 0 atom stereocenters. The second-order valence-corrected chi connectivity index (χ2v) is 4.02. The Morgan fingerprint density at radius 2 is 2.00 bits per heavy atom. The summed E-state index contributed by atoms with van der Waals surface area (Å²) in [6.07, 6.45) is -3.33. The van der Waals surface area contributed by atoms with E-state index in [-0.39, 0.29) is 11.5 Å². The molecule has 0 amide bonds. The molecule has 0 aliphatic carbocycles. The molecule has 0 unspecified atom stereocenters. The van der Waals surface area contributed by atoms with E-state index < -0.39 is 23.2 Å². The fraction of sp³-hybridized carbons (Fsp3) is 0.250. The van der Waals surface area contributed by atoms with Gasteiger partial charge in [0.15, 0.2) is 11.4 Å². The Morgan fingerprint density at radius 3 is 2.50 bits per heavy atom. The zero-order valence-electron chi connectivity index (χ0n) is 10.6. The molecule has 20 heavy (non-hydrogen) atoms. The van der Waals surface area contributed by atoms with Gasteiger partial charge in [-0.1, -0.05) is 6.07 Å². The zero-order chi connectivity index (χ0) is 14.9. The first-order chi connectivity index (χ1) is 9.32. The number of rotatable bonds is 2. The van der Waals surface area contributed by atoms with E-state index in [0.29, 0.717) is 0 Å². The van der Waals surface area contributed by atoms with E-state index in [9.17, 15) is 18.0 Å². The molecule has 0 radical (unpaired) electrons. The highest BCUT2D eigenvalue weighted by molar-refractivity contribution is 5.50. The van der Waals surface area contributed by atoms with Gasteiger partial charge in [0, 0.05) is 6.20 Å².